The molecule has 0 saturated heterocycles. The van der Waals surface area contributed by atoms with Gasteiger partial charge in [0.1, 0.15) is 11.5 Å². The van der Waals surface area contributed by atoms with Crippen molar-refractivity contribution >= 4 is 16.5 Å². The lowest BCUT2D eigenvalue weighted by molar-refractivity contribution is 0.596. The molecule has 3 aromatic rings. The topological polar surface area (TPSA) is 59.8 Å². The highest BCUT2D eigenvalue weighted by Gasteiger charge is 2.07. The number of hydrogen-bond donors (Lipinski definition) is 1. The molecule has 7 heteroatoms. The predicted molar refractivity (Wildman–Crippen MR) is 87.4 cm³/mol. The Balaban J connectivity index is 1.68. The van der Waals surface area contributed by atoms with Gasteiger partial charge in [0.05, 0.1) is 34.1 Å². The smallest absolute Gasteiger partial charge is 0.141 e. The second-order valence-electron chi connectivity index (χ2n) is 4.91. The minimum Gasteiger partial charge on any atom is -0.379 e. The second-order valence-corrected chi connectivity index (χ2v) is 6.26. The summed E-state index contributed by atoms with van der Waals surface area (Å²) in [6.45, 7) is 0.417. The first kappa shape index (κ1) is 15.4. The number of benzene rings is 2. The molecule has 0 aliphatic heterocycles. The third kappa shape index (κ3) is 3.62. The number of halogens is 1. The number of nitrogens with one attached hydrogen (secondary N) is 1. The molecule has 1 N–H and O–H groups in total. The highest BCUT2D eigenvalue weighted by Crippen LogP contribution is 2.17. The van der Waals surface area contributed by atoms with Gasteiger partial charge in [0.25, 0.3) is 0 Å². The number of anilines is 1. The van der Waals surface area contributed by atoms with Crippen LogP contribution in [0.2, 0.25) is 0 Å². The first-order valence-electron chi connectivity index (χ1n) is 6.97. The first-order chi connectivity index (χ1) is 11.1. The minimum atomic E-state index is -1.34. The fourth-order valence-corrected chi connectivity index (χ4v) is 2.69. The summed E-state index contributed by atoms with van der Waals surface area (Å²) in [5.74, 6) is -0.483. The molecule has 0 amide bonds. The zero-order valence-electron chi connectivity index (χ0n) is 12.4. The van der Waals surface area contributed by atoms with Crippen LogP contribution in [0, 0.1) is 5.82 Å². The lowest BCUT2D eigenvalue weighted by Crippen LogP contribution is -2.03. The van der Waals surface area contributed by atoms with Crippen LogP contribution in [0.4, 0.5) is 10.1 Å². The third-order valence-corrected chi connectivity index (χ3v) is 4.19. The van der Waals surface area contributed by atoms with Crippen molar-refractivity contribution in [3.63, 3.8) is 0 Å². The van der Waals surface area contributed by atoms with E-state index in [4.69, 9.17) is 0 Å². The van der Waals surface area contributed by atoms with Crippen molar-refractivity contribution in [2.45, 2.75) is 11.4 Å². The lowest BCUT2D eigenvalue weighted by Gasteiger charge is -2.06. The molecule has 0 aliphatic carbocycles. The summed E-state index contributed by atoms with van der Waals surface area (Å²) >= 11 is 0. The van der Waals surface area contributed by atoms with E-state index in [2.05, 4.69) is 15.5 Å². The van der Waals surface area contributed by atoms with Gasteiger partial charge in [-0.05, 0) is 30.3 Å². The average molecular weight is 330 g/mol. The fourth-order valence-electron chi connectivity index (χ4n) is 2.10. The summed E-state index contributed by atoms with van der Waals surface area (Å²) in [7, 11) is -1.34. The Morgan fingerprint density at radius 2 is 2.00 bits per heavy atom. The van der Waals surface area contributed by atoms with Gasteiger partial charge in [-0.3, -0.25) is 4.21 Å². The predicted octanol–water partition coefficient (Wildman–Crippen LogP) is 2.76. The average Bonchev–Trinajstić information content (AvgIpc) is 3.02. The Morgan fingerprint density at radius 3 is 2.70 bits per heavy atom. The third-order valence-electron chi connectivity index (χ3n) is 3.24. The van der Waals surface area contributed by atoms with Crippen LogP contribution in [0.1, 0.15) is 5.69 Å². The summed E-state index contributed by atoms with van der Waals surface area (Å²) in [4.78, 5) is 1.74. The summed E-state index contributed by atoms with van der Waals surface area (Å²) < 4.78 is 25.1. The van der Waals surface area contributed by atoms with E-state index in [1.54, 1.807) is 17.1 Å². The summed E-state index contributed by atoms with van der Waals surface area (Å²) in [6, 6.07) is 14.1. The van der Waals surface area contributed by atoms with Crippen molar-refractivity contribution in [2.24, 2.45) is 0 Å². The highest BCUT2D eigenvalue weighted by atomic mass is 32.2. The van der Waals surface area contributed by atoms with Crippen molar-refractivity contribution in [3.8, 4) is 5.69 Å². The molecule has 3 rings (SSSR count). The summed E-state index contributed by atoms with van der Waals surface area (Å²) in [5.41, 5.74) is 2.21. The molecule has 0 spiro atoms. The van der Waals surface area contributed by atoms with Crippen LogP contribution in [-0.4, -0.2) is 25.5 Å². The molecule has 1 atom stereocenters. The Bertz CT molecular complexity index is 835. The fraction of sp³-hybridized carbons (Fsp3) is 0.125. The van der Waals surface area contributed by atoms with E-state index in [0.717, 1.165) is 11.4 Å². The maximum absolute atomic E-state index is 13.8. The second kappa shape index (κ2) is 6.70. The SMILES string of the molecule is C[S@](=O)c1ccc(NCc2cnn(-c3ccccc3)n2)cc1F. The number of nitrogens with zero attached hydrogens (tertiary/aromatic N) is 3. The number of hydrogen-bond acceptors (Lipinski definition) is 4. The van der Waals surface area contributed by atoms with Gasteiger partial charge in [0.2, 0.25) is 0 Å². The van der Waals surface area contributed by atoms with Gasteiger partial charge in [-0.15, -0.1) is 0 Å². The molecule has 0 aliphatic rings. The first-order valence-corrected chi connectivity index (χ1v) is 8.53. The van der Waals surface area contributed by atoms with Crippen LogP contribution in [0.3, 0.4) is 0 Å². The van der Waals surface area contributed by atoms with E-state index in [-0.39, 0.29) is 4.90 Å². The van der Waals surface area contributed by atoms with Gasteiger partial charge < -0.3 is 5.32 Å². The van der Waals surface area contributed by atoms with Crippen molar-refractivity contribution in [1.82, 2.24) is 15.0 Å². The Morgan fingerprint density at radius 1 is 1.22 bits per heavy atom. The molecule has 0 bridgehead atoms. The Hall–Kier alpha value is -2.54. The maximum Gasteiger partial charge on any atom is 0.141 e. The zero-order chi connectivity index (χ0) is 16.2. The molecule has 1 heterocycles. The number of rotatable bonds is 5. The van der Waals surface area contributed by atoms with Gasteiger partial charge in [-0.2, -0.15) is 15.0 Å². The van der Waals surface area contributed by atoms with Crippen LogP contribution in [0.25, 0.3) is 5.69 Å². The maximum atomic E-state index is 13.8. The van der Waals surface area contributed by atoms with Crippen LogP contribution >= 0.6 is 0 Å². The molecule has 0 fully saturated rings. The van der Waals surface area contributed by atoms with Crippen LogP contribution in [-0.2, 0) is 17.3 Å². The molecule has 5 nitrogen and oxygen atoms in total. The molecule has 0 radical (unpaired) electrons. The molecule has 2 aromatic carbocycles. The molecule has 1 aromatic heterocycles. The van der Waals surface area contributed by atoms with E-state index in [0.29, 0.717) is 12.2 Å². The van der Waals surface area contributed by atoms with Crippen molar-refractivity contribution < 1.29 is 8.60 Å². The Labute approximate surface area is 135 Å². The standard InChI is InChI=1S/C16H15FN4OS/c1-23(22)16-8-7-12(9-15(16)17)18-10-13-11-19-21(20-13)14-5-3-2-4-6-14/h2-9,11,18H,10H2,1H3/t23-/m0/s1. The molecule has 118 valence electrons. The minimum absolute atomic E-state index is 0.200. The van der Waals surface area contributed by atoms with Crippen molar-refractivity contribution in [2.75, 3.05) is 11.6 Å². The van der Waals surface area contributed by atoms with Gasteiger partial charge in [0, 0.05) is 11.9 Å². The lowest BCUT2D eigenvalue weighted by atomic mass is 10.3. The van der Waals surface area contributed by atoms with Crippen LogP contribution < -0.4 is 5.32 Å². The monoisotopic (exact) mass is 330 g/mol. The van der Waals surface area contributed by atoms with Crippen molar-refractivity contribution in [3.05, 3.63) is 66.2 Å². The van der Waals surface area contributed by atoms with E-state index in [1.165, 1.54) is 18.4 Å². The van der Waals surface area contributed by atoms with E-state index < -0.39 is 16.6 Å². The zero-order valence-corrected chi connectivity index (χ0v) is 13.3. The van der Waals surface area contributed by atoms with Gasteiger partial charge in [-0.1, -0.05) is 18.2 Å². The summed E-state index contributed by atoms with van der Waals surface area (Å²) in [5, 5.41) is 11.6. The highest BCUT2D eigenvalue weighted by molar-refractivity contribution is 7.84. The van der Waals surface area contributed by atoms with E-state index >= 15 is 0 Å². The van der Waals surface area contributed by atoms with Gasteiger partial charge in [0.15, 0.2) is 0 Å². The van der Waals surface area contributed by atoms with E-state index in [9.17, 15) is 8.60 Å². The largest absolute Gasteiger partial charge is 0.379 e. The van der Waals surface area contributed by atoms with E-state index in [1.807, 2.05) is 30.3 Å². The number of para-hydroxylation sites is 1. The Kier molecular flexibility index (Phi) is 4.47. The normalized spacial score (nSPS) is 12.1. The van der Waals surface area contributed by atoms with Gasteiger partial charge >= 0.3 is 0 Å². The molecule has 0 saturated carbocycles. The molecular weight excluding hydrogens is 315 g/mol. The number of aromatic nitrogens is 3. The summed E-state index contributed by atoms with van der Waals surface area (Å²) in [6.07, 6.45) is 3.11. The van der Waals surface area contributed by atoms with Crippen LogP contribution in [0.5, 0.6) is 0 Å². The molecule has 23 heavy (non-hydrogen) atoms. The van der Waals surface area contributed by atoms with Crippen molar-refractivity contribution in [1.29, 1.82) is 0 Å². The van der Waals surface area contributed by atoms with Crippen LogP contribution in [0.15, 0.2) is 59.6 Å². The molecule has 0 unspecified atom stereocenters. The molecular formula is C16H15FN4OS. The van der Waals surface area contributed by atoms with Gasteiger partial charge in [-0.25, -0.2) is 4.39 Å². The quantitative estimate of drug-likeness (QED) is 0.781.